The molecular weight excluding hydrogens is 403 g/mol. The van der Waals surface area contributed by atoms with Gasteiger partial charge in [-0.15, -0.1) is 24.0 Å². The molecule has 7 heteroatoms. The minimum atomic E-state index is 0. The van der Waals surface area contributed by atoms with E-state index in [-0.39, 0.29) is 24.0 Å². The summed E-state index contributed by atoms with van der Waals surface area (Å²) in [6, 6.07) is 5.86. The molecule has 0 saturated carbocycles. The highest BCUT2D eigenvalue weighted by molar-refractivity contribution is 14.0. The number of aromatic nitrogens is 3. The molecule has 0 spiro atoms. The Balaban J connectivity index is 0.00000264. The van der Waals surface area contributed by atoms with Crippen molar-refractivity contribution in [3.8, 4) is 5.82 Å². The van der Waals surface area contributed by atoms with Gasteiger partial charge in [-0.2, -0.15) is 5.10 Å². The Kier molecular flexibility index (Phi) is 8.60. The number of pyridine rings is 1. The van der Waals surface area contributed by atoms with Crippen LogP contribution in [0.2, 0.25) is 0 Å². The molecule has 2 N–H and O–H groups in total. The molecule has 0 radical (unpaired) electrons. The summed E-state index contributed by atoms with van der Waals surface area (Å²) in [5.41, 5.74) is 1.10. The van der Waals surface area contributed by atoms with Crippen molar-refractivity contribution >= 4 is 29.9 Å². The van der Waals surface area contributed by atoms with E-state index in [2.05, 4.69) is 46.5 Å². The normalized spacial score (nSPS) is 11.2. The van der Waals surface area contributed by atoms with Crippen molar-refractivity contribution in [2.24, 2.45) is 10.9 Å². The van der Waals surface area contributed by atoms with Crippen molar-refractivity contribution in [3.05, 3.63) is 42.4 Å². The third kappa shape index (κ3) is 6.55. The molecule has 2 aromatic heterocycles. The highest BCUT2D eigenvalue weighted by Gasteiger charge is 2.02. The lowest BCUT2D eigenvalue weighted by Crippen LogP contribution is -2.39. The average molecular weight is 428 g/mol. The maximum atomic E-state index is 4.62. The van der Waals surface area contributed by atoms with Gasteiger partial charge in [-0.05, 0) is 36.6 Å². The van der Waals surface area contributed by atoms with Gasteiger partial charge in [0.2, 0.25) is 0 Å². The topological polar surface area (TPSA) is 67.1 Å². The van der Waals surface area contributed by atoms with E-state index in [0.717, 1.165) is 30.4 Å². The summed E-state index contributed by atoms with van der Waals surface area (Å²) >= 11 is 0. The Morgan fingerprint density at radius 1 is 1.30 bits per heavy atom. The predicted octanol–water partition coefficient (Wildman–Crippen LogP) is 2.60. The number of aliphatic imine (C=N–C) groups is 1. The second-order valence-electron chi connectivity index (χ2n) is 5.44. The van der Waals surface area contributed by atoms with Crippen LogP contribution in [0.1, 0.15) is 26.3 Å². The smallest absolute Gasteiger partial charge is 0.191 e. The molecule has 0 aliphatic heterocycles. The van der Waals surface area contributed by atoms with E-state index in [9.17, 15) is 0 Å². The number of nitrogens with one attached hydrogen (secondary N) is 2. The van der Waals surface area contributed by atoms with Gasteiger partial charge in [0.05, 0.1) is 6.54 Å². The van der Waals surface area contributed by atoms with Gasteiger partial charge in [0.1, 0.15) is 0 Å². The lowest BCUT2D eigenvalue weighted by Gasteiger charge is -2.13. The standard InChI is InChI=1S/C16H24N6.HI/c1-4-17-16(19-11-13(2)3)20-12-14-6-8-18-15(10-14)22-9-5-7-21-22;/h5-10,13H,4,11-12H2,1-3H3,(H2,17,19,20);1H. The quantitative estimate of drug-likeness (QED) is 0.422. The molecule has 0 fully saturated rings. The van der Waals surface area contributed by atoms with Gasteiger partial charge in [0.15, 0.2) is 11.8 Å². The third-order valence-electron chi connectivity index (χ3n) is 2.99. The van der Waals surface area contributed by atoms with Gasteiger partial charge in [0, 0.05) is 31.7 Å². The van der Waals surface area contributed by atoms with Crippen LogP contribution in [-0.2, 0) is 6.54 Å². The lowest BCUT2D eigenvalue weighted by atomic mass is 10.2. The Bertz CT molecular complexity index is 594. The number of guanidine groups is 1. The monoisotopic (exact) mass is 428 g/mol. The predicted molar refractivity (Wildman–Crippen MR) is 104 cm³/mol. The van der Waals surface area contributed by atoms with Crippen molar-refractivity contribution < 1.29 is 0 Å². The molecule has 0 aromatic carbocycles. The fourth-order valence-corrected chi connectivity index (χ4v) is 1.90. The van der Waals surface area contributed by atoms with Crippen LogP contribution in [0.15, 0.2) is 41.8 Å². The summed E-state index contributed by atoms with van der Waals surface area (Å²) in [4.78, 5) is 8.94. The number of nitrogens with zero attached hydrogens (tertiary/aromatic N) is 4. The Morgan fingerprint density at radius 2 is 2.13 bits per heavy atom. The molecule has 0 aliphatic carbocycles. The van der Waals surface area contributed by atoms with E-state index in [1.54, 1.807) is 17.1 Å². The second kappa shape index (κ2) is 10.2. The summed E-state index contributed by atoms with van der Waals surface area (Å²) in [7, 11) is 0. The fourth-order valence-electron chi connectivity index (χ4n) is 1.90. The maximum Gasteiger partial charge on any atom is 0.191 e. The van der Waals surface area contributed by atoms with Crippen molar-refractivity contribution in [2.75, 3.05) is 13.1 Å². The van der Waals surface area contributed by atoms with Crippen molar-refractivity contribution in [1.82, 2.24) is 25.4 Å². The van der Waals surface area contributed by atoms with Gasteiger partial charge in [0.25, 0.3) is 0 Å². The van der Waals surface area contributed by atoms with Crippen molar-refractivity contribution in [1.29, 1.82) is 0 Å². The lowest BCUT2D eigenvalue weighted by molar-refractivity contribution is 0.615. The number of rotatable bonds is 6. The second-order valence-corrected chi connectivity index (χ2v) is 5.44. The van der Waals surface area contributed by atoms with E-state index in [1.165, 1.54) is 0 Å². The molecule has 0 saturated heterocycles. The van der Waals surface area contributed by atoms with Crippen LogP contribution < -0.4 is 10.6 Å². The van der Waals surface area contributed by atoms with E-state index < -0.39 is 0 Å². The van der Waals surface area contributed by atoms with Crippen LogP contribution in [0.4, 0.5) is 0 Å². The van der Waals surface area contributed by atoms with Crippen molar-refractivity contribution in [3.63, 3.8) is 0 Å². The van der Waals surface area contributed by atoms with Gasteiger partial charge in [-0.1, -0.05) is 13.8 Å². The molecule has 6 nitrogen and oxygen atoms in total. The zero-order valence-electron chi connectivity index (χ0n) is 13.9. The highest BCUT2D eigenvalue weighted by Crippen LogP contribution is 2.07. The van der Waals surface area contributed by atoms with Gasteiger partial charge >= 0.3 is 0 Å². The molecule has 0 atom stereocenters. The van der Waals surface area contributed by atoms with Gasteiger partial charge in [-0.25, -0.2) is 14.7 Å². The van der Waals surface area contributed by atoms with E-state index in [0.29, 0.717) is 12.5 Å². The average Bonchev–Trinajstić information content (AvgIpc) is 3.04. The highest BCUT2D eigenvalue weighted by atomic mass is 127. The number of hydrogen-bond acceptors (Lipinski definition) is 3. The van der Waals surface area contributed by atoms with Crippen LogP contribution in [0.5, 0.6) is 0 Å². The Hall–Kier alpha value is -1.64. The molecule has 126 valence electrons. The largest absolute Gasteiger partial charge is 0.357 e. The first-order valence-electron chi connectivity index (χ1n) is 7.66. The van der Waals surface area contributed by atoms with Crippen LogP contribution in [0.3, 0.4) is 0 Å². The van der Waals surface area contributed by atoms with Crippen molar-refractivity contribution in [2.45, 2.75) is 27.3 Å². The molecule has 0 aliphatic rings. The summed E-state index contributed by atoms with van der Waals surface area (Å²) in [5, 5.41) is 10.8. The molecule has 2 heterocycles. The summed E-state index contributed by atoms with van der Waals surface area (Å²) in [5.74, 6) is 2.22. The van der Waals surface area contributed by atoms with Gasteiger partial charge in [-0.3, -0.25) is 0 Å². The summed E-state index contributed by atoms with van der Waals surface area (Å²) in [6.07, 6.45) is 5.41. The number of halogens is 1. The summed E-state index contributed by atoms with van der Waals surface area (Å²) < 4.78 is 1.75. The first-order valence-corrected chi connectivity index (χ1v) is 7.66. The molecular formula is C16H25IN6. The Labute approximate surface area is 154 Å². The Morgan fingerprint density at radius 3 is 2.78 bits per heavy atom. The molecule has 0 unspecified atom stereocenters. The minimum absolute atomic E-state index is 0. The molecule has 0 bridgehead atoms. The molecule has 23 heavy (non-hydrogen) atoms. The van der Waals surface area contributed by atoms with Crippen LogP contribution in [-0.4, -0.2) is 33.8 Å². The zero-order chi connectivity index (χ0) is 15.8. The number of hydrogen-bond donors (Lipinski definition) is 2. The maximum absolute atomic E-state index is 4.62. The third-order valence-corrected chi connectivity index (χ3v) is 2.99. The van der Waals surface area contributed by atoms with E-state index in [4.69, 9.17) is 0 Å². The molecule has 2 aromatic rings. The summed E-state index contributed by atoms with van der Waals surface area (Å²) in [6.45, 7) is 8.77. The molecule has 2 rings (SSSR count). The van der Waals surface area contributed by atoms with Crippen LogP contribution >= 0.6 is 24.0 Å². The first-order chi connectivity index (χ1) is 10.7. The SMILES string of the molecule is CCNC(=NCc1ccnc(-n2cccn2)c1)NCC(C)C.I. The first kappa shape index (κ1) is 19.4. The molecule has 0 amide bonds. The van der Waals surface area contributed by atoms with E-state index >= 15 is 0 Å². The minimum Gasteiger partial charge on any atom is -0.357 e. The van der Waals surface area contributed by atoms with Crippen LogP contribution in [0.25, 0.3) is 5.82 Å². The van der Waals surface area contributed by atoms with Crippen LogP contribution in [0, 0.1) is 5.92 Å². The van der Waals surface area contributed by atoms with Gasteiger partial charge < -0.3 is 10.6 Å². The fraction of sp³-hybridized carbons (Fsp3) is 0.438. The zero-order valence-corrected chi connectivity index (χ0v) is 16.2. The van der Waals surface area contributed by atoms with E-state index in [1.807, 2.05) is 24.4 Å².